The minimum absolute atomic E-state index is 0.0125. The first-order chi connectivity index (χ1) is 15.3. The number of rotatable bonds is 5. The Morgan fingerprint density at radius 3 is 2.55 bits per heavy atom. The Hall–Kier alpha value is -2.75. The molecule has 1 fully saturated rings. The molecule has 0 aromatic carbocycles. The van der Waals surface area contributed by atoms with Gasteiger partial charge >= 0.3 is 6.09 Å². The molecular formula is C23H34N6O3S. The van der Waals surface area contributed by atoms with Crippen LogP contribution < -0.4 is 10.6 Å². The van der Waals surface area contributed by atoms with Gasteiger partial charge in [-0.05, 0) is 61.3 Å². The first-order valence-corrected chi connectivity index (χ1v) is 12.0. The third kappa shape index (κ3) is 6.86. The molecule has 0 saturated carbocycles. The Labute approximate surface area is 199 Å². The van der Waals surface area contributed by atoms with Crippen molar-refractivity contribution < 1.29 is 14.3 Å². The van der Waals surface area contributed by atoms with E-state index in [-0.39, 0.29) is 11.8 Å². The van der Waals surface area contributed by atoms with Gasteiger partial charge in [0.1, 0.15) is 22.8 Å². The third-order valence-corrected chi connectivity index (χ3v) is 5.98. The van der Waals surface area contributed by atoms with Gasteiger partial charge in [-0.15, -0.1) is 11.3 Å². The molecule has 2 N–H and O–H groups in total. The number of thiazole rings is 1. The van der Waals surface area contributed by atoms with E-state index < -0.39 is 17.2 Å². The summed E-state index contributed by atoms with van der Waals surface area (Å²) in [6.45, 7) is 13.8. The van der Waals surface area contributed by atoms with E-state index in [0.29, 0.717) is 24.7 Å². The third-order valence-electron chi connectivity index (χ3n) is 5.15. The van der Waals surface area contributed by atoms with Gasteiger partial charge in [0.25, 0.3) is 0 Å². The number of hydrogen-bond acceptors (Lipinski definition) is 8. The van der Waals surface area contributed by atoms with Crippen molar-refractivity contribution in [3.05, 3.63) is 28.7 Å². The van der Waals surface area contributed by atoms with Crippen molar-refractivity contribution in [2.24, 2.45) is 0 Å². The Kier molecular flexibility index (Phi) is 7.26. The van der Waals surface area contributed by atoms with Gasteiger partial charge in [-0.3, -0.25) is 4.79 Å². The van der Waals surface area contributed by atoms with Gasteiger partial charge in [-0.2, -0.15) is 0 Å². The average Bonchev–Trinajstić information content (AvgIpc) is 3.09. The molecule has 1 aliphatic heterocycles. The maximum atomic E-state index is 13.3. The van der Waals surface area contributed by atoms with Crippen LogP contribution in [0, 0.1) is 13.8 Å². The summed E-state index contributed by atoms with van der Waals surface area (Å²) in [5.74, 6) is 1.27. The average molecular weight is 475 g/mol. The predicted molar refractivity (Wildman–Crippen MR) is 129 cm³/mol. The predicted octanol–water partition coefficient (Wildman–Crippen LogP) is 4.30. The Bertz CT molecular complexity index is 1010. The van der Waals surface area contributed by atoms with Crippen molar-refractivity contribution in [2.45, 2.75) is 78.4 Å². The van der Waals surface area contributed by atoms with Gasteiger partial charge < -0.3 is 20.3 Å². The van der Waals surface area contributed by atoms with Crippen LogP contribution in [-0.4, -0.2) is 56.1 Å². The molecule has 2 aromatic heterocycles. The van der Waals surface area contributed by atoms with E-state index in [1.165, 1.54) is 0 Å². The van der Waals surface area contributed by atoms with E-state index in [2.05, 4.69) is 20.6 Å². The number of alkyl carbamates (subject to hydrolysis) is 1. The highest BCUT2D eigenvalue weighted by molar-refractivity contribution is 7.15. The summed E-state index contributed by atoms with van der Waals surface area (Å²) >= 11 is 1.56. The van der Waals surface area contributed by atoms with E-state index in [9.17, 15) is 9.59 Å². The highest BCUT2D eigenvalue weighted by atomic mass is 32.1. The Morgan fingerprint density at radius 1 is 1.18 bits per heavy atom. The molecule has 180 valence electrons. The van der Waals surface area contributed by atoms with Crippen molar-refractivity contribution in [2.75, 3.05) is 18.4 Å². The summed E-state index contributed by atoms with van der Waals surface area (Å²) in [6.07, 6.45) is 2.94. The number of likely N-dealkylation sites (tertiary alicyclic amines) is 1. The van der Waals surface area contributed by atoms with Crippen LogP contribution in [0.1, 0.15) is 69.8 Å². The van der Waals surface area contributed by atoms with Crippen molar-refractivity contribution >= 4 is 34.3 Å². The molecule has 2 aromatic rings. The van der Waals surface area contributed by atoms with Gasteiger partial charge in [0.2, 0.25) is 5.91 Å². The van der Waals surface area contributed by atoms with Gasteiger partial charge in [0.05, 0.1) is 0 Å². The van der Waals surface area contributed by atoms with Crippen molar-refractivity contribution in [1.82, 2.24) is 25.2 Å². The topological polar surface area (TPSA) is 109 Å². The van der Waals surface area contributed by atoms with Crippen LogP contribution in [0.5, 0.6) is 0 Å². The second-order valence-corrected chi connectivity index (χ2v) is 11.2. The maximum absolute atomic E-state index is 13.3. The second kappa shape index (κ2) is 9.62. The molecule has 0 spiro atoms. The molecule has 10 heteroatoms. The number of hydrogen-bond donors (Lipinski definition) is 2. The van der Waals surface area contributed by atoms with Crippen molar-refractivity contribution in [1.29, 1.82) is 0 Å². The monoisotopic (exact) mass is 474 g/mol. The lowest BCUT2D eigenvalue weighted by atomic mass is 9.94. The van der Waals surface area contributed by atoms with E-state index in [4.69, 9.17) is 9.72 Å². The fourth-order valence-corrected chi connectivity index (χ4v) is 4.41. The first kappa shape index (κ1) is 24.9. The molecule has 33 heavy (non-hydrogen) atoms. The molecule has 2 amide bonds. The Morgan fingerprint density at radius 2 is 1.91 bits per heavy atom. The molecule has 1 saturated heterocycles. The summed E-state index contributed by atoms with van der Waals surface area (Å²) in [5, 5.41) is 6.75. The molecule has 0 aliphatic carbocycles. The zero-order valence-electron chi connectivity index (χ0n) is 20.5. The second-order valence-electron chi connectivity index (χ2n) is 10.00. The van der Waals surface area contributed by atoms with Crippen LogP contribution in [0.4, 0.5) is 15.7 Å². The van der Waals surface area contributed by atoms with Crippen LogP contribution in [0.2, 0.25) is 0 Å². The van der Waals surface area contributed by atoms with E-state index in [0.717, 1.165) is 28.5 Å². The van der Waals surface area contributed by atoms with Crippen LogP contribution in [0.15, 0.2) is 12.3 Å². The smallest absolute Gasteiger partial charge is 0.408 e. The van der Waals surface area contributed by atoms with E-state index in [1.54, 1.807) is 50.9 Å². The number of amides is 2. The van der Waals surface area contributed by atoms with E-state index >= 15 is 0 Å². The summed E-state index contributed by atoms with van der Waals surface area (Å²) in [7, 11) is 0. The molecule has 0 bridgehead atoms. The highest BCUT2D eigenvalue weighted by Crippen LogP contribution is 2.28. The molecule has 1 aliphatic rings. The van der Waals surface area contributed by atoms with Crippen molar-refractivity contribution in [3.8, 4) is 0 Å². The lowest BCUT2D eigenvalue weighted by molar-refractivity contribution is -0.138. The molecule has 3 rings (SSSR count). The number of ether oxygens (including phenoxy) is 1. The van der Waals surface area contributed by atoms with Crippen LogP contribution >= 0.6 is 11.3 Å². The number of anilines is 2. The van der Waals surface area contributed by atoms with Gasteiger partial charge in [-0.25, -0.2) is 19.7 Å². The summed E-state index contributed by atoms with van der Waals surface area (Å²) in [4.78, 5) is 42.1. The maximum Gasteiger partial charge on any atom is 0.408 e. The highest BCUT2D eigenvalue weighted by Gasteiger charge is 2.37. The quantitative estimate of drug-likeness (QED) is 0.665. The largest absolute Gasteiger partial charge is 0.444 e. The minimum atomic E-state index is -1.09. The number of aromatic nitrogens is 3. The minimum Gasteiger partial charge on any atom is -0.444 e. The molecule has 3 heterocycles. The number of nitrogens with zero attached hydrogens (tertiary/aromatic N) is 4. The zero-order chi connectivity index (χ0) is 24.4. The standard InChI is InChI=1S/C23H34N6O3S/c1-14-11-17(27-20-24-12-15(2)33-20)26-18(25-14)16-9-8-10-29(13-16)19(30)23(6,7)28-21(31)32-22(3,4)5/h11-12,16H,8-10,13H2,1-7H3,(H,28,31)(H,24,25,26,27). The molecule has 1 atom stereocenters. The normalized spacial score (nSPS) is 16.9. The van der Waals surface area contributed by atoms with Gasteiger partial charge in [0.15, 0.2) is 5.13 Å². The Balaban J connectivity index is 1.70. The van der Waals surface area contributed by atoms with Crippen molar-refractivity contribution in [3.63, 3.8) is 0 Å². The van der Waals surface area contributed by atoms with Crippen LogP contribution in [-0.2, 0) is 9.53 Å². The number of piperidine rings is 1. The molecule has 9 nitrogen and oxygen atoms in total. The fourth-order valence-electron chi connectivity index (χ4n) is 3.74. The molecular weight excluding hydrogens is 440 g/mol. The van der Waals surface area contributed by atoms with Gasteiger partial charge in [-0.1, -0.05) is 0 Å². The zero-order valence-corrected chi connectivity index (χ0v) is 21.3. The molecule has 0 radical (unpaired) electrons. The van der Waals surface area contributed by atoms with E-state index in [1.807, 2.05) is 26.1 Å². The lowest BCUT2D eigenvalue weighted by Crippen LogP contribution is -2.58. The number of aryl methyl sites for hydroxylation is 2. The number of carbonyl (C=O) groups excluding carboxylic acids is 2. The van der Waals surface area contributed by atoms with Gasteiger partial charge in [0, 0.05) is 41.8 Å². The molecule has 1 unspecified atom stereocenters. The number of nitrogens with one attached hydrogen (secondary N) is 2. The van der Waals surface area contributed by atoms with Crippen LogP contribution in [0.25, 0.3) is 0 Å². The summed E-state index contributed by atoms with van der Waals surface area (Å²) in [5.41, 5.74) is -0.871. The SMILES string of the molecule is Cc1cc(Nc2ncc(C)s2)nc(C2CCCN(C(=O)C(C)(C)NC(=O)OC(C)(C)C)C2)n1. The first-order valence-electron chi connectivity index (χ1n) is 11.2. The summed E-state index contributed by atoms with van der Waals surface area (Å²) < 4.78 is 5.33. The summed E-state index contributed by atoms with van der Waals surface area (Å²) in [6, 6.07) is 1.89. The number of carbonyl (C=O) groups is 2. The van der Waals surface area contributed by atoms with Crippen LogP contribution in [0.3, 0.4) is 0 Å². The fraction of sp³-hybridized carbons (Fsp3) is 0.609. The lowest BCUT2D eigenvalue weighted by Gasteiger charge is -2.37.